The van der Waals surface area contributed by atoms with E-state index in [0.717, 1.165) is 0 Å². The second-order valence-electron chi connectivity index (χ2n) is 3.61. The first-order valence-electron chi connectivity index (χ1n) is 4.85. The van der Waals surface area contributed by atoms with Crippen LogP contribution < -0.4 is 10.2 Å². The number of ether oxygens (including phenoxy) is 1. The van der Waals surface area contributed by atoms with Crippen LogP contribution in [0.5, 0.6) is 5.75 Å². The molecule has 1 aromatic heterocycles. The van der Waals surface area contributed by atoms with Gasteiger partial charge < -0.3 is 9.15 Å². The summed E-state index contributed by atoms with van der Waals surface area (Å²) >= 11 is 0. The predicted molar refractivity (Wildman–Crippen MR) is 58.2 cm³/mol. The fourth-order valence-electron chi connectivity index (χ4n) is 1.41. The van der Waals surface area contributed by atoms with E-state index in [0.29, 0.717) is 16.7 Å². The fraction of sp³-hybridized carbons (Fsp3) is 0.250. The summed E-state index contributed by atoms with van der Waals surface area (Å²) in [5, 5.41) is 0.577. The van der Waals surface area contributed by atoms with Crippen LogP contribution in [-0.4, -0.2) is 6.10 Å². The van der Waals surface area contributed by atoms with Gasteiger partial charge in [0.05, 0.1) is 17.8 Å². The van der Waals surface area contributed by atoms with Gasteiger partial charge in [-0.2, -0.15) is 0 Å². The van der Waals surface area contributed by atoms with Crippen LogP contribution in [-0.2, 0) is 0 Å². The van der Waals surface area contributed by atoms with Gasteiger partial charge in [-0.05, 0) is 26.0 Å². The Morgan fingerprint density at radius 1 is 1.27 bits per heavy atom. The maximum atomic E-state index is 11.4. The Kier molecular flexibility index (Phi) is 2.46. The summed E-state index contributed by atoms with van der Waals surface area (Å²) in [6.45, 7) is 3.90. The summed E-state index contributed by atoms with van der Waals surface area (Å²) in [7, 11) is 0. The summed E-state index contributed by atoms with van der Waals surface area (Å²) in [5.74, 6) is 0.715. The third kappa shape index (κ3) is 2.01. The SMILES string of the molecule is CC(C)Oc1ccc2c(=O)ccoc2c1. The van der Waals surface area contributed by atoms with Crippen molar-refractivity contribution in [2.45, 2.75) is 20.0 Å². The highest BCUT2D eigenvalue weighted by Gasteiger charge is 2.03. The summed E-state index contributed by atoms with van der Waals surface area (Å²) in [6, 6.07) is 6.64. The fourth-order valence-corrected chi connectivity index (χ4v) is 1.41. The number of fused-ring (bicyclic) bond motifs is 1. The van der Waals surface area contributed by atoms with E-state index in [9.17, 15) is 4.79 Å². The molecule has 15 heavy (non-hydrogen) atoms. The Hall–Kier alpha value is -1.77. The molecule has 0 bridgehead atoms. The second kappa shape index (κ2) is 3.77. The predicted octanol–water partition coefficient (Wildman–Crippen LogP) is 2.58. The van der Waals surface area contributed by atoms with Crippen LogP contribution >= 0.6 is 0 Å². The van der Waals surface area contributed by atoms with Gasteiger partial charge in [-0.1, -0.05) is 0 Å². The van der Waals surface area contributed by atoms with Crippen molar-refractivity contribution in [1.82, 2.24) is 0 Å². The summed E-state index contributed by atoms with van der Waals surface area (Å²) < 4.78 is 10.7. The molecule has 2 aromatic rings. The lowest BCUT2D eigenvalue weighted by molar-refractivity contribution is 0.242. The van der Waals surface area contributed by atoms with Crippen LogP contribution in [0.25, 0.3) is 11.0 Å². The van der Waals surface area contributed by atoms with Crippen LogP contribution in [0.15, 0.2) is 39.7 Å². The Morgan fingerprint density at radius 3 is 2.80 bits per heavy atom. The van der Waals surface area contributed by atoms with Crippen molar-refractivity contribution in [3.05, 3.63) is 40.8 Å². The first kappa shape index (κ1) is 9.77. The molecule has 1 aromatic carbocycles. The van der Waals surface area contributed by atoms with Crippen molar-refractivity contribution in [3.63, 3.8) is 0 Å². The molecule has 0 atom stereocenters. The largest absolute Gasteiger partial charge is 0.491 e. The standard InChI is InChI=1S/C12H12O3/c1-8(2)15-9-3-4-10-11(13)5-6-14-12(10)7-9/h3-8H,1-2H3. The minimum Gasteiger partial charge on any atom is -0.491 e. The molecule has 0 amide bonds. The van der Waals surface area contributed by atoms with E-state index in [2.05, 4.69) is 0 Å². The number of benzene rings is 1. The third-order valence-corrected chi connectivity index (χ3v) is 2.00. The Bertz CT molecular complexity index is 526. The molecule has 0 N–H and O–H groups in total. The zero-order valence-corrected chi connectivity index (χ0v) is 8.69. The molecule has 0 spiro atoms. The molecule has 0 unspecified atom stereocenters. The van der Waals surface area contributed by atoms with Gasteiger partial charge in [0, 0.05) is 12.1 Å². The van der Waals surface area contributed by atoms with Crippen LogP contribution in [0.3, 0.4) is 0 Å². The van der Waals surface area contributed by atoms with Crippen molar-refractivity contribution < 1.29 is 9.15 Å². The quantitative estimate of drug-likeness (QED) is 0.754. The van der Waals surface area contributed by atoms with Gasteiger partial charge in [-0.15, -0.1) is 0 Å². The average Bonchev–Trinajstić information content (AvgIpc) is 2.17. The molecule has 0 saturated carbocycles. The third-order valence-electron chi connectivity index (χ3n) is 2.00. The topological polar surface area (TPSA) is 39.4 Å². The van der Waals surface area contributed by atoms with Gasteiger partial charge in [-0.3, -0.25) is 4.79 Å². The molecule has 78 valence electrons. The van der Waals surface area contributed by atoms with E-state index in [-0.39, 0.29) is 11.5 Å². The van der Waals surface area contributed by atoms with E-state index in [1.165, 1.54) is 12.3 Å². The molecule has 0 saturated heterocycles. The second-order valence-corrected chi connectivity index (χ2v) is 3.61. The molecular formula is C12H12O3. The zero-order valence-electron chi connectivity index (χ0n) is 8.69. The monoisotopic (exact) mass is 204 g/mol. The molecule has 3 heteroatoms. The highest BCUT2D eigenvalue weighted by molar-refractivity contribution is 5.77. The van der Waals surface area contributed by atoms with Gasteiger partial charge in [0.25, 0.3) is 0 Å². The van der Waals surface area contributed by atoms with Gasteiger partial charge in [-0.25, -0.2) is 0 Å². The first-order valence-corrected chi connectivity index (χ1v) is 4.85. The Morgan fingerprint density at radius 2 is 2.07 bits per heavy atom. The lowest BCUT2D eigenvalue weighted by Crippen LogP contribution is -2.05. The molecular weight excluding hydrogens is 192 g/mol. The molecule has 2 rings (SSSR count). The smallest absolute Gasteiger partial charge is 0.192 e. The summed E-state index contributed by atoms with van der Waals surface area (Å²) in [5.41, 5.74) is 0.521. The minimum absolute atomic E-state index is 0.0349. The van der Waals surface area contributed by atoms with Gasteiger partial charge in [0.15, 0.2) is 5.43 Å². The van der Waals surface area contributed by atoms with Crippen molar-refractivity contribution in [1.29, 1.82) is 0 Å². The van der Waals surface area contributed by atoms with Crippen molar-refractivity contribution in [2.75, 3.05) is 0 Å². The first-order chi connectivity index (χ1) is 7.16. The number of rotatable bonds is 2. The van der Waals surface area contributed by atoms with Crippen molar-refractivity contribution >= 4 is 11.0 Å². The van der Waals surface area contributed by atoms with Crippen LogP contribution in [0.4, 0.5) is 0 Å². The Balaban J connectivity index is 2.52. The molecule has 0 aliphatic heterocycles. The van der Waals surface area contributed by atoms with E-state index in [1.807, 2.05) is 13.8 Å². The van der Waals surface area contributed by atoms with E-state index < -0.39 is 0 Å². The molecule has 0 radical (unpaired) electrons. The zero-order chi connectivity index (χ0) is 10.8. The normalized spacial score (nSPS) is 10.9. The molecule has 0 fully saturated rings. The minimum atomic E-state index is -0.0349. The maximum absolute atomic E-state index is 11.4. The highest BCUT2D eigenvalue weighted by atomic mass is 16.5. The van der Waals surface area contributed by atoms with Crippen LogP contribution in [0.2, 0.25) is 0 Å². The average molecular weight is 204 g/mol. The van der Waals surface area contributed by atoms with E-state index in [4.69, 9.17) is 9.15 Å². The van der Waals surface area contributed by atoms with Crippen molar-refractivity contribution in [3.8, 4) is 5.75 Å². The van der Waals surface area contributed by atoms with E-state index in [1.54, 1.807) is 18.2 Å². The summed E-state index contributed by atoms with van der Waals surface area (Å²) in [6.07, 6.45) is 1.50. The highest BCUT2D eigenvalue weighted by Crippen LogP contribution is 2.19. The number of hydrogen-bond donors (Lipinski definition) is 0. The molecule has 3 nitrogen and oxygen atoms in total. The molecule has 0 aliphatic rings. The molecule has 1 heterocycles. The van der Waals surface area contributed by atoms with Gasteiger partial charge >= 0.3 is 0 Å². The Labute approximate surface area is 87.3 Å². The van der Waals surface area contributed by atoms with Gasteiger partial charge in [0.1, 0.15) is 11.3 Å². The van der Waals surface area contributed by atoms with E-state index >= 15 is 0 Å². The lowest BCUT2D eigenvalue weighted by Gasteiger charge is -2.09. The maximum Gasteiger partial charge on any atom is 0.192 e. The summed E-state index contributed by atoms with van der Waals surface area (Å²) in [4.78, 5) is 11.4. The van der Waals surface area contributed by atoms with Crippen molar-refractivity contribution in [2.24, 2.45) is 0 Å². The molecule has 0 aliphatic carbocycles. The van der Waals surface area contributed by atoms with Crippen LogP contribution in [0.1, 0.15) is 13.8 Å². The lowest BCUT2D eigenvalue weighted by atomic mass is 10.2. The number of hydrogen-bond acceptors (Lipinski definition) is 3. The van der Waals surface area contributed by atoms with Gasteiger partial charge in [0.2, 0.25) is 0 Å². The van der Waals surface area contributed by atoms with Crippen LogP contribution in [0, 0.1) is 0 Å².